The van der Waals surface area contributed by atoms with Crippen LogP contribution in [-0.4, -0.2) is 30.3 Å². The van der Waals surface area contributed by atoms with E-state index in [2.05, 4.69) is 0 Å². The van der Waals surface area contributed by atoms with Gasteiger partial charge in [-0.15, -0.1) is 0 Å². The second-order valence-electron chi connectivity index (χ2n) is 8.26. The van der Waals surface area contributed by atoms with Gasteiger partial charge in [0.1, 0.15) is 0 Å². The molecule has 2 rings (SSSR count). The molecule has 1 aliphatic heterocycles. The molecule has 1 aliphatic rings. The van der Waals surface area contributed by atoms with E-state index in [0.29, 0.717) is 12.1 Å². The lowest BCUT2D eigenvalue weighted by atomic mass is 9.76. The topological polar surface area (TPSA) is 48.0 Å². The average molecular weight is 333 g/mol. The Morgan fingerprint density at radius 3 is 2.08 bits per heavy atom. The zero-order valence-electron chi connectivity index (χ0n) is 16.0. The highest BCUT2D eigenvalue weighted by atomic mass is 16.7. The van der Waals surface area contributed by atoms with Gasteiger partial charge in [0.15, 0.2) is 0 Å². The predicted molar refractivity (Wildman–Crippen MR) is 96.3 cm³/mol. The van der Waals surface area contributed by atoms with Crippen molar-refractivity contribution < 1.29 is 18.9 Å². The van der Waals surface area contributed by atoms with Crippen molar-refractivity contribution in [2.75, 3.05) is 5.06 Å². The zero-order chi connectivity index (χ0) is 18.3. The van der Waals surface area contributed by atoms with Gasteiger partial charge in [-0.05, 0) is 78.5 Å². The molecule has 0 aliphatic carbocycles. The second kappa shape index (κ2) is 6.17. The maximum atomic E-state index is 11.4. The standard InChI is InChI=1S/C18H28BNO4/c1-13-11-14(20(12-21)24-16(2,3)4)9-10-15(13)19-22-17(5,6)18(7,8)23-19/h9-12H,1-8H3. The summed E-state index contributed by atoms with van der Waals surface area (Å²) < 4.78 is 12.2. The largest absolute Gasteiger partial charge is 0.495 e. The number of hydrogen-bond donors (Lipinski definition) is 0. The lowest BCUT2D eigenvalue weighted by Gasteiger charge is -2.32. The predicted octanol–water partition coefficient (Wildman–Crippen LogP) is 2.99. The quantitative estimate of drug-likeness (QED) is 0.483. The molecule has 0 N–H and O–H groups in total. The third-order valence-corrected chi connectivity index (χ3v) is 4.48. The van der Waals surface area contributed by atoms with Gasteiger partial charge < -0.3 is 9.31 Å². The Kier molecular flexibility index (Phi) is 4.88. The first-order chi connectivity index (χ1) is 10.9. The molecule has 1 saturated heterocycles. The molecular weight excluding hydrogens is 305 g/mol. The van der Waals surface area contributed by atoms with Gasteiger partial charge >= 0.3 is 7.12 Å². The number of anilines is 1. The van der Waals surface area contributed by atoms with Crippen LogP contribution in [0.25, 0.3) is 0 Å². The summed E-state index contributed by atoms with van der Waals surface area (Å²) in [6.07, 6.45) is 0.675. The molecule has 0 unspecified atom stereocenters. The van der Waals surface area contributed by atoms with E-state index < -0.39 is 12.7 Å². The third-order valence-electron chi connectivity index (χ3n) is 4.48. The normalized spacial score (nSPS) is 19.4. The fourth-order valence-corrected chi connectivity index (χ4v) is 2.46. The monoisotopic (exact) mass is 333 g/mol. The summed E-state index contributed by atoms with van der Waals surface area (Å²) in [4.78, 5) is 17.0. The van der Waals surface area contributed by atoms with Gasteiger partial charge in [-0.1, -0.05) is 6.07 Å². The Balaban J connectivity index is 2.26. The fourth-order valence-electron chi connectivity index (χ4n) is 2.46. The van der Waals surface area contributed by atoms with Crippen molar-refractivity contribution in [3.8, 4) is 0 Å². The molecule has 24 heavy (non-hydrogen) atoms. The summed E-state index contributed by atoms with van der Waals surface area (Å²) in [5.74, 6) is 0. The number of benzene rings is 1. The van der Waals surface area contributed by atoms with Crippen molar-refractivity contribution in [3.05, 3.63) is 23.8 Å². The summed E-state index contributed by atoms with van der Waals surface area (Å²) in [7, 11) is -0.419. The first-order valence-electron chi connectivity index (χ1n) is 8.26. The van der Waals surface area contributed by atoms with Crippen LogP contribution < -0.4 is 10.5 Å². The summed E-state index contributed by atoms with van der Waals surface area (Å²) in [5.41, 5.74) is 1.39. The van der Waals surface area contributed by atoms with E-state index in [4.69, 9.17) is 14.1 Å². The van der Waals surface area contributed by atoms with Crippen molar-refractivity contribution >= 4 is 24.7 Å². The smallest absolute Gasteiger partial charge is 0.399 e. The summed E-state index contributed by atoms with van der Waals surface area (Å²) in [6.45, 7) is 15.8. The van der Waals surface area contributed by atoms with Crippen molar-refractivity contribution in [1.82, 2.24) is 0 Å². The van der Waals surface area contributed by atoms with Gasteiger partial charge in [-0.3, -0.25) is 9.63 Å². The van der Waals surface area contributed by atoms with E-state index in [1.807, 2.05) is 73.6 Å². The average Bonchev–Trinajstić information content (AvgIpc) is 2.63. The van der Waals surface area contributed by atoms with Crippen LogP contribution in [0.3, 0.4) is 0 Å². The Morgan fingerprint density at radius 2 is 1.67 bits per heavy atom. The molecule has 6 heteroatoms. The minimum atomic E-state index is -0.459. The number of amides is 1. The summed E-state index contributed by atoms with van der Waals surface area (Å²) >= 11 is 0. The molecule has 0 bridgehead atoms. The maximum absolute atomic E-state index is 11.4. The summed E-state index contributed by atoms with van der Waals surface area (Å²) in [6, 6.07) is 5.67. The lowest BCUT2D eigenvalue weighted by molar-refractivity contribution is -0.120. The van der Waals surface area contributed by atoms with Crippen LogP contribution in [-0.2, 0) is 18.9 Å². The number of hydrogen-bond acceptors (Lipinski definition) is 4. The van der Waals surface area contributed by atoms with Gasteiger partial charge in [0.25, 0.3) is 0 Å². The molecule has 1 aromatic carbocycles. The minimum Gasteiger partial charge on any atom is -0.399 e. The number of aryl methyl sites for hydroxylation is 1. The van der Waals surface area contributed by atoms with Gasteiger partial charge in [0.2, 0.25) is 6.41 Å². The van der Waals surface area contributed by atoms with Crippen molar-refractivity contribution in [3.63, 3.8) is 0 Å². The molecule has 0 radical (unpaired) electrons. The van der Waals surface area contributed by atoms with Crippen LogP contribution in [0.4, 0.5) is 5.69 Å². The Bertz CT molecular complexity index is 606. The molecule has 1 amide bonds. The third kappa shape index (κ3) is 3.82. The van der Waals surface area contributed by atoms with Gasteiger partial charge in [0.05, 0.1) is 22.5 Å². The number of hydroxylamine groups is 1. The summed E-state index contributed by atoms with van der Waals surface area (Å²) in [5, 5.41) is 1.25. The van der Waals surface area contributed by atoms with Crippen LogP contribution in [0.5, 0.6) is 0 Å². The van der Waals surface area contributed by atoms with Gasteiger partial charge in [0, 0.05) is 0 Å². The molecule has 132 valence electrons. The van der Waals surface area contributed by atoms with E-state index in [1.54, 1.807) is 0 Å². The van der Waals surface area contributed by atoms with Crippen LogP contribution >= 0.6 is 0 Å². The van der Waals surface area contributed by atoms with Crippen LogP contribution in [0.2, 0.25) is 0 Å². The highest BCUT2D eigenvalue weighted by molar-refractivity contribution is 6.62. The van der Waals surface area contributed by atoms with E-state index in [9.17, 15) is 4.79 Å². The van der Waals surface area contributed by atoms with Crippen LogP contribution in [0, 0.1) is 6.92 Å². The molecule has 1 fully saturated rings. The number of carbonyl (C=O) groups is 1. The SMILES string of the molecule is Cc1cc(N(C=O)OC(C)(C)C)ccc1B1OC(C)(C)C(C)(C)O1. The fraction of sp³-hybridized carbons (Fsp3) is 0.611. The molecule has 5 nitrogen and oxygen atoms in total. The number of rotatable bonds is 4. The van der Waals surface area contributed by atoms with Crippen molar-refractivity contribution in [2.24, 2.45) is 0 Å². The number of carbonyl (C=O) groups excluding carboxylic acids is 1. The molecule has 1 heterocycles. The van der Waals surface area contributed by atoms with E-state index in [1.165, 1.54) is 5.06 Å². The van der Waals surface area contributed by atoms with Crippen LogP contribution in [0.1, 0.15) is 54.0 Å². The van der Waals surface area contributed by atoms with Crippen molar-refractivity contribution in [2.45, 2.75) is 72.2 Å². The second-order valence-corrected chi connectivity index (χ2v) is 8.26. The van der Waals surface area contributed by atoms with Gasteiger partial charge in [-0.25, -0.2) is 0 Å². The highest BCUT2D eigenvalue weighted by Crippen LogP contribution is 2.36. The Hall–Kier alpha value is -1.37. The van der Waals surface area contributed by atoms with Crippen LogP contribution in [0.15, 0.2) is 18.2 Å². The lowest BCUT2D eigenvalue weighted by Crippen LogP contribution is -2.41. The highest BCUT2D eigenvalue weighted by Gasteiger charge is 2.52. The van der Waals surface area contributed by atoms with E-state index in [-0.39, 0.29) is 11.2 Å². The molecule has 0 atom stereocenters. The van der Waals surface area contributed by atoms with E-state index in [0.717, 1.165) is 11.0 Å². The first kappa shape index (κ1) is 19.0. The first-order valence-corrected chi connectivity index (χ1v) is 8.26. The van der Waals surface area contributed by atoms with Gasteiger partial charge in [-0.2, -0.15) is 5.06 Å². The molecule has 0 saturated carbocycles. The maximum Gasteiger partial charge on any atom is 0.495 e. The Morgan fingerprint density at radius 1 is 1.12 bits per heavy atom. The minimum absolute atomic E-state index is 0.382. The molecule has 0 spiro atoms. The molecule has 0 aromatic heterocycles. The van der Waals surface area contributed by atoms with Crippen molar-refractivity contribution in [1.29, 1.82) is 0 Å². The molecule has 1 aromatic rings. The molecular formula is C18H28BNO4. The Labute approximate surface area is 145 Å². The van der Waals surface area contributed by atoms with E-state index >= 15 is 0 Å². The zero-order valence-corrected chi connectivity index (χ0v) is 16.0. The number of nitrogens with zero attached hydrogens (tertiary/aromatic N) is 1.